The molecular formula is C13H20FNO2. The number of nitrogens with one attached hydrogen (secondary N) is 1. The van der Waals surface area contributed by atoms with E-state index in [1.165, 1.54) is 12.1 Å². The van der Waals surface area contributed by atoms with Crippen molar-refractivity contribution in [1.29, 1.82) is 0 Å². The van der Waals surface area contributed by atoms with Gasteiger partial charge in [0.25, 0.3) is 0 Å². The first-order chi connectivity index (χ1) is 8.04. The molecule has 0 radical (unpaired) electrons. The Labute approximate surface area is 101 Å². The molecule has 3 nitrogen and oxygen atoms in total. The Morgan fingerprint density at radius 3 is 2.65 bits per heavy atom. The number of rotatable bonds is 6. The lowest BCUT2D eigenvalue weighted by Crippen LogP contribution is -2.36. The topological polar surface area (TPSA) is 52.5 Å². The van der Waals surface area contributed by atoms with Crippen LogP contribution in [0.1, 0.15) is 25.5 Å². The predicted octanol–water partition coefficient (Wildman–Crippen LogP) is 1.47. The predicted molar refractivity (Wildman–Crippen MR) is 65.1 cm³/mol. The van der Waals surface area contributed by atoms with Gasteiger partial charge in [-0.1, -0.05) is 19.1 Å². The van der Waals surface area contributed by atoms with Crippen molar-refractivity contribution in [2.45, 2.75) is 26.0 Å². The molecule has 0 heterocycles. The zero-order chi connectivity index (χ0) is 12.8. The maximum absolute atomic E-state index is 12.9. The Hall–Kier alpha value is -0.970. The van der Waals surface area contributed by atoms with Gasteiger partial charge in [-0.2, -0.15) is 0 Å². The van der Waals surface area contributed by atoms with Crippen LogP contribution in [0.15, 0.2) is 24.3 Å². The highest BCUT2D eigenvalue weighted by Gasteiger charge is 2.13. The van der Waals surface area contributed by atoms with Gasteiger partial charge in [-0.05, 0) is 30.5 Å². The Morgan fingerprint density at radius 2 is 2.06 bits per heavy atom. The molecule has 17 heavy (non-hydrogen) atoms. The summed E-state index contributed by atoms with van der Waals surface area (Å²) in [5, 5.41) is 21.9. The first-order valence-corrected chi connectivity index (χ1v) is 5.82. The van der Waals surface area contributed by atoms with E-state index in [1.807, 2.05) is 13.8 Å². The van der Waals surface area contributed by atoms with Gasteiger partial charge in [-0.3, -0.25) is 0 Å². The van der Waals surface area contributed by atoms with Gasteiger partial charge in [0.2, 0.25) is 0 Å². The number of hydrogen-bond donors (Lipinski definition) is 3. The summed E-state index contributed by atoms with van der Waals surface area (Å²) in [5.41, 5.74) is 0.557. The highest BCUT2D eigenvalue weighted by atomic mass is 19.1. The molecule has 0 bridgehead atoms. The lowest BCUT2D eigenvalue weighted by Gasteiger charge is -2.21. The summed E-state index contributed by atoms with van der Waals surface area (Å²) < 4.78 is 12.9. The SMILES string of the molecule is CC(CO)C(C)NCC(O)c1cccc(F)c1. The number of hydrogen-bond acceptors (Lipinski definition) is 3. The van der Waals surface area contributed by atoms with Crippen molar-refractivity contribution in [2.24, 2.45) is 5.92 Å². The smallest absolute Gasteiger partial charge is 0.123 e. The highest BCUT2D eigenvalue weighted by molar-refractivity contribution is 5.18. The molecule has 0 aromatic heterocycles. The fraction of sp³-hybridized carbons (Fsp3) is 0.538. The van der Waals surface area contributed by atoms with Gasteiger partial charge in [0.05, 0.1) is 6.10 Å². The molecule has 0 aliphatic rings. The Bertz CT molecular complexity index is 346. The van der Waals surface area contributed by atoms with Crippen LogP contribution >= 0.6 is 0 Å². The van der Waals surface area contributed by atoms with Crippen molar-refractivity contribution in [2.75, 3.05) is 13.2 Å². The lowest BCUT2D eigenvalue weighted by molar-refractivity contribution is 0.155. The molecule has 0 spiro atoms. The van der Waals surface area contributed by atoms with Crippen LogP contribution in [0.25, 0.3) is 0 Å². The summed E-state index contributed by atoms with van der Waals surface area (Å²) in [5.74, 6) is -0.229. The van der Waals surface area contributed by atoms with E-state index in [4.69, 9.17) is 5.11 Å². The molecule has 0 aliphatic carbocycles. The Morgan fingerprint density at radius 1 is 1.35 bits per heavy atom. The summed E-state index contributed by atoms with van der Waals surface area (Å²) in [6, 6.07) is 6.04. The van der Waals surface area contributed by atoms with Crippen molar-refractivity contribution in [3.63, 3.8) is 0 Å². The second-order valence-electron chi connectivity index (χ2n) is 4.43. The van der Waals surface area contributed by atoms with Gasteiger partial charge in [0, 0.05) is 19.2 Å². The molecule has 0 saturated heterocycles. The molecule has 4 heteroatoms. The van der Waals surface area contributed by atoms with Crippen LogP contribution in [0.4, 0.5) is 4.39 Å². The van der Waals surface area contributed by atoms with Crippen molar-refractivity contribution in [1.82, 2.24) is 5.32 Å². The molecule has 96 valence electrons. The minimum absolute atomic E-state index is 0.100. The molecule has 0 aliphatic heterocycles. The second-order valence-corrected chi connectivity index (χ2v) is 4.43. The van der Waals surface area contributed by atoms with Gasteiger partial charge in [-0.25, -0.2) is 4.39 Å². The van der Waals surface area contributed by atoms with E-state index in [9.17, 15) is 9.50 Å². The fourth-order valence-electron chi connectivity index (χ4n) is 1.49. The van der Waals surface area contributed by atoms with Gasteiger partial charge in [0.1, 0.15) is 5.82 Å². The Balaban J connectivity index is 2.47. The first-order valence-electron chi connectivity index (χ1n) is 5.82. The standard InChI is InChI=1S/C13H20FNO2/c1-9(8-16)10(2)15-7-13(17)11-4-3-5-12(14)6-11/h3-6,9-10,13,15-17H,7-8H2,1-2H3. The van der Waals surface area contributed by atoms with Gasteiger partial charge in [-0.15, -0.1) is 0 Å². The largest absolute Gasteiger partial charge is 0.396 e. The van der Waals surface area contributed by atoms with Crippen LogP contribution in [-0.4, -0.2) is 29.4 Å². The molecule has 0 fully saturated rings. The minimum Gasteiger partial charge on any atom is -0.396 e. The first kappa shape index (κ1) is 14.1. The molecule has 3 atom stereocenters. The molecule has 0 saturated carbocycles. The maximum Gasteiger partial charge on any atom is 0.123 e. The van der Waals surface area contributed by atoms with Crippen molar-refractivity contribution in [3.05, 3.63) is 35.6 Å². The maximum atomic E-state index is 12.9. The third-order valence-electron chi connectivity index (χ3n) is 3.01. The van der Waals surface area contributed by atoms with Crippen LogP contribution < -0.4 is 5.32 Å². The summed E-state index contributed by atoms with van der Waals surface area (Å²) in [6.45, 7) is 4.31. The molecular weight excluding hydrogens is 221 g/mol. The van der Waals surface area contributed by atoms with Crippen molar-refractivity contribution < 1.29 is 14.6 Å². The zero-order valence-electron chi connectivity index (χ0n) is 10.2. The Kier molecular flexibility index (Phi) is 5.55. The molecule has 1 aromatic carbocycles. The van der Waals surface area contributed by atoms with E-state index >= 15 is 0 Å². The van der Waals surface area contributed by atoms with Crippen LogP contribution in [0.2, 0.25) is 0 Å². The fourth-order valence-corrected chi connectivity index (χ4v) is 1.49. The molecule has 3 N–H and O–H groups in total. The monoisotopic (exact) mass is 241 g/mol. The summed E-state index contributed by atoms with van der Waals surface area (Å²) in [6.07, 6.45) is -0.737. The molecule has 3 unspecified atom stereocenters. The van der Waals surface area contributed by atoms with E-state index < -0.39 is 6.10 Å². The molecule has 0 amide bonds. The minimum atomic E-state index is -0.737. The number of aliphatic hydroxyl groups is 2. The van der Waals surface area contributed by atoms with E-state index in [1.54, 1.807) is 12.1 Å². The normalized spacial score (nSPS) is 16.5. The lowest BCUT2D eigenvalue weighted by atomic mass is 10.0. The summed E-state index contributed by atoms with van der Waals surface area (Å²) >= 11 is 0. The number of benzene rings is 1. The molecule has 1 aromatic rings. The summed E-state index contributed by atoms with van der Waals surface area (Å²) in [7, 11) is 0. The van der Waals surface area contributed by atoms with Crippen molar-refractivity contribution >= 4 is 0 Å². The van der Waals surface area contributed by atoms with Gasteiger partial charge < -0.3 is 15.5 Å². The van der Waals surface area contributed by atoms with Crippen LogP contribution in [0.3, 0.4) is 0 Å². The van der Waals surface area contributed by atoms with Crippen LogP contribution in [0.5, 0.6) is 0 Å². The van der Waals surface area contributed by atoms with E-state index in [-0.39, 0.29) is 24.4 Å². The van der Waals surface area contributed by atoms with Crippen molar-refractivity contribution in [3.8, 4) is 0 Å². The third-order valence-corrected chi connectivity index (χ3v) is 3.01. The van der Waals surface area contributed by atoms with Gasteiger partial charge in [0.15, 0.2) is 0 Å². The zero-order valence-corrected chi connectivity index (χ0v) is 10.2. The van der Waals surface area contributed by atoms with E-state index in [2.05, 4.69) is 5.32 Å². The van der Waals surface area contributed by atoms with E-state index in [0.717, 1.165) is 0 Å². The van der Waals surface area contributed by atoms with E-state index in [0.29, 0.717) is 12.1 Å². The van der Waals surface area contributed by atoms with Crippen LogP contribution in [0, 0.1) is 11.7 Å². The quantitative estimate of drug-likeness (QED) is 0.707. The van der Waals surface area contributed by atoms with Gasteiger partial charge >= 0.3 is 0 Å². The molecule has 1 rings (SSSR count). The average molecular weight is 241 g/mol. The number of halogens is 1. The average Bonchev–Trinajstić information content (AvgIpc) is 2.34. The second kappa shape index (κ2) is 6.69. The highest BCUT2D eigenvalue weighted by Crippen LogP contribution is 2.13. The summed E-state index contributed by atoms with van der Waals surface area (Å²) in [4.78, 5) is 0. The third kappa shape index (κ3) is 4.42. The number of aliphatic hydroxyl groups excluding tert-OH is 2. The van der Waals surface area contributed by atoms with Crippen LogP contribution in [-0.2, 0) is 0 Å².